The average Bonchev–Trinajstić information content (AvgIpc) is 2.20. The Labute approximate surface area is 84.9 Å². The van der Waals surface area contributed by atoms with Crippen LogP contribution in [0.5, 0.6) is 5.75 Å². The molecule has 2 heteroatoms. The van der Waals surface area contributed by atoms with E-state index in [1.165, 1.54) is 6.07 Å². The van der Waals surface area contributed by atoms with Gasteiger partial charge in [0, 0.05) is 0 Å². The zero-order valence-corrected chi connectivity index (χ0v) is 8.85. The molecule has 78 valence electrons. The molecule has 0 aliphatic rings. The summed E-state index contributed by atoms with van der Waals surface area (Å²) in [7, 11) is 0. The third kappa shape index (κ3) is 2.72. The van der Waals surface area contributed by atoms with E-state index >= 15 is 0 Å². The van der Waals surface area contributed by atoms with Gasteiger partial charge < -0.3 is 4.74 Å². The van der Waals surface area contributed by atoms with Gasteiger partial charge in [-0.15, -0.1) is 0 Å². The van der Waals surface area contributed by atoms with Crippen LogP contribution >= 0.6 is 0 Å². The number of hydrogen-bond acceptors (Lipinski definition) is 1. The second-order valence-corrected chi connectivity index (χ2v) is 3.28. The summed E-state index contributed by atoms with van der Waals surface area (Å²) in [5.74, 6) is 0.184. The summed E-state index contributed by atoms with van der Waals surface area (Å²) in [6.45, 7) is 4.69. The fourth-order valence-electron chi connectivity index (χ4n) is 1.31. The third-order valence-corrected chi connectivity index (χ3v) is 2.17. The van der Waals surface area contributed by atoms with Crippen LogP contribution in [0.4, 0.5) is 4.39 Å². The van der Waals surface area contributed by atoms with Crippen molar-refractivity contribution in [2.45, 2.75) is 33.1 Å². The lowest BCUT2D eigenvalue weighted by Gasteiger charge is -2.10. The molecule has 14 heavy (non-hydrogen) atoms. The average molecular weight is 196 g/mol. The molecule has 1 aromatic carbocycles. The highest BCUT2D eigenvalue weighted by molar-refractivity contribution is 5.34. The van der Waals surface area contributed by atoms with E-state index in [1.54, 1.807) is 6.07 Å². The fraction of sp³-hybridized carbons (Fsp3) is 0.500. The predicted octanol–water partition coefficient (Wildman–Crippen LogP) is 3.57. The standard InChI is InChI=1S/C12H17FO/c1-3-5-9-14-12-10(4-2)7-6-8-11(12)13/h6-8H,3-5,9H2,1-2H3. The van der Waals surface area contributed by atoms with Crippen LogP contribution in [-0.4, -0.2) is 6.61 Å². The fourth-order valence-corrected chi connectivity index (χ4v) is 1.31. The molecular weight excluding hydrogens is 179 g/mol. The summed E-state index contributed by atoms with van der Waals surface area (Å²) in [5, 5.41) is 0. The van der Waals surface area contributed by atoms with Crippen LogP contribution in [0.1, 0.15) is 32.3 Å². The Hall–Kier alpha value is -1.05. The maximum atomic E-state index is 13.3. The van der Waals surface area contributed by atoms with Crippen molar-refractivity contribution >= 4 is 0 Å². The number of aryl methyl sites for hydroxylation is 1. The number of halogens is 1. The second kappa shape index (κ2) is 5.63. The van der Waals surface area contributed by atoms with E-state index in [2.05, 4.69) is 6.92 Å². The van der Waals surface area contributed by atoms with Gasteiger partial charge in [-0.25, -0.2) is 4.39 Å². The number of para-hydroxylation sites is 1. The van der Waals surface area contributed by atoms with Gasteiger partial charge in [0.2, 0.25) is 0 Å². The van der Waals surface area contributed by atoms with E-state index in [1.807, 2.05) is 13.0 Å². The van der Waals surface area contributed by atoms with Gasteiger partial charge in [-0.2, -0.15) is 0 Å². The first-order valence-corrected chi connectivity index (χ1v) is 5.19. The SMILES string of the molecule is CCCCOc1c(F)cccc1CC. The summed E-state index contributed by atoms with van der Waals surface area (Å²) < 4.78 is 18.8. The minimum Gasteiger partial charge on any atom is -0.490 e. The molecule has 0 spiro atoms. The van der Waals surface area contributed by atoms with Crippen molar-refractivity contribution in [3.63, 3.8) is 0 Å². The molecule has 0 fully saturated rings. The van der Waals surface area contributed by atoms with E-state index in [9.17, 15) is 4.39 Å². The first-order valence-electron chi connectivity index (χ1n) is 5.19. The summed E-state index contributed by atoms with van der Waals surface area (Å²) in [4.78, 5) is 0. The highest BCUT2D eigenvalue weighted by Crippen LogP contribution is 2.23. The first-order chi connectivity index (χ1) is 6.79. The Balaban J connectivity index is 2.72. The highest BCUT2D eigenvalue weighted by atomic mass is 19.1. The van der Waals surface area contributed by atoms with Crippen molar-refractivity contribution in [3.05, 3.63) is 29.6 Å². The number of ether oxygens (including phenoxy) is 1. The summed E-state index contributed by atoms with van der Waals surface area (Å²) >= 11 is 0. The largest absolute Gasteiger partial charge is 0.490 e. The van der Waals surface area contributed by atoms with Gasteiger partial charge in [-0.3, -0.25) is 0 Å². The molecule has 1 aromatic rings. The Morgan fingerprint density at radius 3 is 2.71 bits per heavy atom. The normalized spacial score (nSPS) is 10.2. The Kier molecular flexibility index (Phi) is 4.44. The number of benzene rings is 1. The van der Waals surface area contributed by atoms with Crippen LogP contribution in [0.15, 0.2) is 18.2 Å². The summed E-state index contributed by atoms with van der Waals surface area (Å²) in [6.07, 6.45) is 2.84. The van der Waals surface area contributed by atoms with E-state index < -0.39 is 0 Å². The van der Waals surface area contributed by atoms with Crippen LogP contribution in [0.3, 0.4) is 0 Å². The molecule has 0 saturated carbocycles. The first kappa shape index (κ1) is 11.0. The third-order valence-electron chi connectivity index (χ3n) is 2.17. The molecule has 1 nitrogen and oxygen atoms in total. The number of rotatable bonds is 5. The molecule has 0 heterocycles. The zero-order valence-electron chi connectivity index (χ0n) is 8.85. The van der Waals surface area contributed by atoms with E-state index in [-0.39, 0.29) is 5.82 Å². The van der Waals surface area contributed by atoms with E-state index in [0.717, 1.165) is 24.8 Å². The molecule has 0 bridgehead atoms. The van der Waals surface area contributed by atoms with Crippen molar-refractivity contribution in [1.29, 1.82) is 0 Å². The molecule has 0 aliphatic carbocycles. The molecule has 0 aromatic heterocycles. The monoisotopic (exact) mass is 196 g/mol. The molecule has 1 rings (SSSR count). The topological polar surface area (TPSA) is 9.23 Å². The van der Waals surface area contributed by atoms with Crippen molar-refractivity contribution in [1.82, 2.24) is 0 Å². The van der Waals surface area contributed by atoms with Gasteiger partial charge in [0.05, 0.1) is 6.61 Å². The van der Waals surface area contributed by atoms with Crippen LogP contribution in [0, 0.1) is 5.82 Å². The molecule has 0 amide bonds. The van der Waals surface area contributed by atoms with Gasteiger partial charge >= 0.3 is 0 Å². The van der Waals surface area contributed by atoms with Gasteiger partial charge in [0.1, 0.15) is 0 Å². The van der Waals surface area contributed by atoms with E-state index in [4.69, 9.17) is 4.74 Å². The quantitative estimate of drug-likeness (QED) is 0.654. The number of hydrogen-bond donors (Lipinski definition) is 0. The summed E-state index contributed by atoms with van der Waals surface area (Å²) in [6, 6.07) is 5.08. The molecule has 0 atom stereocenters. The lowest BCUT2D eigenvalue weighted by Crippen LogP contribution is -2.01. The van der Waals surface area contributed by atoms with E-state index in [0.29, 0.717) is 12.4 Å². The molecule has 0 unspecified atom stereocenters. The molecule has 0 radical (unpaired) electrons. The van der Waals surface area contributed by atoms with Gasteiger partial charge in [0.25, 0.3) is 0 Å². The number of unbranched alkanes of at least 4 members (excludes halogenated alkanes) is 1. The zero-order chi connectivity index (χ0) is 10.4. The van der Waals surface area contributed by atoms with Crippen molar-refractivity contribution in [2.75, 3.05) is 6.61 Å². The minimum absolute atomic E-state index is 0.250. The maximum absolute atomic E-state index is 13.3. The minimum atomic E-state index is -0.250. The lowest BCUT2D eigenvalue weighted by atomic mass is 10.1. The second-order valence-electron chi connectivity index (χ2n) is 3.28. The van der Waals surface area contributed by atoms with Crippen LogP contribution in [0.2, 0.25) is 0 Å². The smallest absolute Gasteiger partial charge is 0.165 e. The lowest BCUT2D eigenvalue weighted by molar-refractivity contribution is 0.291. The Bertz CT molecular complexity index is 284. The molecule has 0 aliphatic heterocycles. The Morgan fingerprint density at radius 2 is 2.07 bits per heavy atom. The molecule has 0 N–H and O–H groups in total. The van der Waals surface area contributed by atoms with Crippen LogP contribution < -0.4 is 4.74 Å². The van der Waals surface area contributed by atoms with Gasteiger partial charge in [0.15, 0.2) is 11.6 Å². The molecular formula is C12H17FO. The van der Waals surface area contributed by atoms with Crippen LogP contribution in [-0.2, 0) is 6.42 Å². The molecule has 0 saturated heterocycles. The van der Waals surface area contributed by atoms with Crippen molar-refractivity contribution < 1.29 is 9.13 Å². The summed E-state index contributed by atoms with van der Waals surface area (Å²) in [5.41, 5.74) is 0.945. The highest BCUT2D eigenvalue weighted by Gasteiger charge is 2.07. The van der Waals surface area contributed by atoms with Gasteiger partial charge in [-0.1, -0.05) is 32.4 Å². The van der Waals surface area contributed by atoms with Crippen molar-refractivity contribution in [3.8, 4) is 5.75 Å². The Morgan fingerprint density at radius 1 is 1.29 bits per heavy atom. The van der Waals surface area contributed by atoms with Crippen molar-refractivity contribution in [2.24, 2.45) is 0 Å². The maximum Gasteiger partial charge on any atom is 0.165 e. The predicted molar refractivity (Wildman–Crippen MR) is 56.2 cm³/mol. The van der Waals surface area contributed by atoms with Gasteiger partial charge in [-0.05, 0) is 24.5 Å². The van der Waals surface area contributed by atoms with Crippen LogP contribution in [0.25, 0.3) is 0 Å².